The Bertz CT molecular complexity index is 295. The van der Waals surface area contributed by atoms with Crippen LogP contribution < -0.4 is 5.73 Å². The van der Waals surface area contributed by atoms with Gasteiger partial charge in [-0.25, -0.2) is 0 Å². The van der Waals surface area contributed by atoms with E-state index in [4.69, 9.17) is 5.73 Å². The summed E-state index contributed by atoms with van der Waals surface area (Å²) in [5.74, 6) is 0.167. The molecule has 0 heterocycles. The van der Waals surface area contributed by atoms with Crippen LogP contribution in [0.5, 0.6) is 5.75 Å². The molecule has 1 atom stereocenters. The number of hydrogen-bond acceptors (Lipinski definition) is 3. The van der Waals surface area contributed by atoms with E-state index in [0.29, 0.717) is 11.3 Å². The number of phenols is 1. The predicted octanol–water partition coefficient (Wildman–Crippen LogP) is 1.34. The average Bonchev–Trinajstić information content (AvgIpc) is 1.96. The molecule has 0 fully saturated rings. The van der Waals surface area contributed by atoms with Gasteiger partial charge in [-0.3, -0.25) is 0 Å². The molecule has 0 saturated heterocycles. The first-order chi connectivity index (χ1) is 5.52. The molecule has 0 amide bonds. The zero-order chi connectivity index (χ0) is 9.30. The van der Waals surface area contributed by atoms with Crippen molar-refractivity contribution in [1.82, 2.24) is 0 Å². The van der Waals surface area contributed by atoms with Gasteiger partial charge in [-0.1, -0.05) is 0 Å². The SMILES string of the molecule is Cc1cc(N)c(C(C)O)cc1O. The Kier molecular flexibility index (Phi) is 2.24. The van der Waals surface area contributed by atoms with E-state index < -0.39 is 6.10 Å². The van der Waals surface area contributed by atoms with Crippen LogP contribution >= 0.6 is 0 Å². The van der Waals surface area contributed by atoms with E-state index in [1.165, 1.54) is 6.07 Å². The van der Waals surface area contributed by atoms with Gasteiger partial charge in [-0.15, -0.1) is 0 Å². The molecule has 12 heavy (non-hydrogen) atoms. The Morgan fingerprint density at radius 3 is 2.50 bits per heavy atom. The predicted molar refractivity (Wildman–Crippen MR) is 47.9 cm³/mol. The lowest BCUT2D eigenvalue weighted by atomic mass is 10.1. The molecule has 1 rings (SSSR count). The Morgan fingerprint density at radius 1 is 1.42 bits per heavy atom. The van der Waals surface area contributed by atoms with Crippen LogP contribution in [0, 0.1) is 6.92 Å². The number of phenolic OH excluding ortho intramolecular Hbond substituents is 1. The van der Waals surface area contributed by atoms with E-state index in [0.717, 1.165) is 5.56 Å². The number of aliphatic hydroxyl groups is 1. The highest BCUT2D eigenvalue weighted by molar-refractivity contribution is 5.54. The van der Waals surface area contributed by atoms with E-state index in [9.17, 15) is 10.2 Å². The summed E-state index contributed by atoms with van der Waals surface area (Å²) in [5.41, 5.74) is 7.42. The van der Waals surface area contributed by atoms with Gasteiger partial charge in [0, 0.05) is 11.3 Å². The maximum absolute atomic E-state index is 9.31. The Hall–Kier alpha value is -1.22. The van der Waals surface area contributed by atoms with Gasteiger partial charge in [-0.05, 0) is 31.5 Å². The summed E-state index contributed by atoms with van der Waals surface area (Å²) in [7, 11) is 0. The summed E-state index contributed by atoms with van der Waals surface area (Å²) in [4.78, 5) is 0. The van der Waals surface area contributed by atoms with E-state index in [-0.39, 0.29) is 5.75 Å². The number of nitrogen functional groups attached to an aromatic ring is 1. The first-order valence-corrected chi connectivity index (χ1v) is 3.79. The van der Waals surface area contributed by atoms with Gasteiger partial charge in [0.05, 0.1) is 6.10 Å². The zero-order valence-electron chi connectivity index (χ0n) is 7.20. The number of rotatable bonds is 1. The minimum atomic E-state index is -0.642. The molecule has 0 aliphatic carbocycles. The summed E-state index contributed by atoms with van der Waals surface area (Å²) in [6.45, 7) is 3.37. The van der Waals surface area contributed by atoms with Crippen molar-refractivity contribution in [3.63, 3.8) is 0 Å². The Morgan fingerprint density at radius 2 is 2.00 bits per heavy atom. The number of hydrogen-bond donors (Lipinski definition) is 3. The average molecular weight is 167 g/mol. The fraction of sp³-hybridized carbons (Fsp3) is 0.333. The standard InChI is InChI=1S/C9H13NO2/c1-5-3-8(10)7(6(2)11)4-9(5)12/h3-4,6,11-12H,10H2,1-2H3. The topological polar surface area (TPSA) is 66.5 Å². The first kappa shape index (κ1) is 8.87. The van der Waals surface area contributed by atoms with Gasteiger partial charge in [0.1, 0.15) is 5.75 Å². The lowest BCUT2D eigenvalue weighted by Crippen LogP contribution is -1.98. The fourth-order valence-corrected chi connectivity index (χ4v) is 1.10. The van der Waals surface area contributed by atoms with Crippen LogP contribution in [0.1, 0.15) is 24.2 Å². The summed E-state index contributed by atoms with van der Waals surface area (Å²) < 4.78 is 0. The first-order valence-electron chi connectivity index (χ1n) is 3.79. The molecule has 1 aromatic carbocycles. The van der Waals surface area contributed by atoms with Crippen molar-refractivity contribution >= 4 is 5.69 Å². The van der Waals surface area contributed by atoms with Crippen molar-refractivity contribution in [1.29, 1.82) is 0 Å². The minimum absolute atomic E-state index is 0.167. The van der Waals surface area contributed by atoms with Gasteiger partial charge in [-0.2, -0.15) is 0 Å². The lowest BCUT2D eigenvalue weighted by molar-refractivity contribution is 0.199. The zero-order valence-corrected chi connectivity index (χ0v) is 7.20. The van der Waals surface area contributed by atoms with Crippen LogP contribution in [0.15, 0.2) is 12.1 Å². The van der Waals surface area contributed by atoms with Crippen molar-refractivity contribution < 1.29 is 10.2 Å². The van der Waals surface area contributed by atoms with Crippen LogP contribution in [0.3, 0.4) is 0 Å². The van der Waals surface area contributed by atoms with E-state index in [1.807, 2.05) is 0 Å². The third kappa shape index (κ3) is 1.51. The molecule has 0 aromatic heterocycles. The normalized spacial score (nSPS) is 12.9. The highest BCUT2D eigenvalue weighted by Crippen LogP contribution is 2.27. The smallest absolute Gasteiger partial charge is 0.119 e. The van der Waals surface area contributed by atoms with Crippen LogP contribution in [0.4, 0.5) is 5.69 Å². The quantitative estimate of drug-likeness (QED) is 0.436. The number of aliphatic hydroxyl groups excluding tert-OH is 1. The molecule has 0 bridgehead atoms. The molecule has 3 heteroatoms. The summed E-state index contributed by atoms with van der Waals surface area (Å²) in [6, 6.07) is 3.15. The highest BCUT2D eigenvalue weighted by Gasteiger charge is 2.08. The highest BCUT2D eigenvalue weighted by atomic mass is 16.3. The van der Waals surface area contributed by atoms with Crippen molar-refractivity contribution in [2.75, 3.05) is 5.73 Å². The number of benzene rings is 1. The maximum Gasteiger partial charge on any atom is 0.119 e. The second-order valence-corrected chi connectivity index (χ2v) is 2.94. The van der Waals surface area contributed by atoms with Gasteiger partial charge in [0.15, 0.2) is 0 Å². The second kappa shape index (κ2) is 3.03. The molecule has 1 unspecified atom stereocenters. The molecule has 4 N–H and O–H groups in total. The van der Waals surface area contributed by atoms with Crippen molar-refractivity contribution in [3.8, 4) is 5.75 Å². The van der Waals surface area contributed by atoms with Gasteiger partial charge in [0.2, 0.25) is 0 Å². The largest absolute Gasteiger partial charge is 0.508 e. The number of aromatic hydroxyl groups is 1. The second-order valence-electron chi connectivity index (χ2n) is 2.94. The molecule has 0 aliphatic heterocycles. The van der Waals surface area contributed by atoms with E-state index >= 15 is 0 Å². The van der Waals surface area contributed by atoms with E-state index in [1.54, 1.807) is 19.9 Å². The number of nitrogens with two attached hydrogens (primary N) is 1. The molecule has 1 aromatic rings. The third-order valence-corrected chi connectivity index (χ3v) is 1.85. The third-order valence-electron chi connectivity index (χ3n) is 1.85. The van der Waals surface area contributed by atoms with Crippen molar-refractivity contribution in [3.05, 3.63) is 23.3 Å². The Balaban J connectivity index is 3.23. The number of anilines is 1. The van der Waals surface area contributed by atoms with Crippen LogP contribution in [-0.4, -0.2) is 10.2 Å². The summed E-state index contributed by atoms with van der Waals surface area (Å²) in [6.07, 6.45) is -0.642. The maximum atomic E-state index is 9.31. The van der Waals surface area contributed by atoms with E-state index in [2.05, 4.69) is 0 Å². The molecule has 3 nitrogen and oxygen atoms in total. The van der Waals surface area contributed by atoms with Gasteiger partial charge in [0.25, 0.3) is 0 Å². The fourth-order valence-electron chi connectivity index (χ4n) is 1.10. The van der Waals surface area contributed by atoms with Gasteiger partial charge < -0.3 is 15.9 Å². The summed E-state index contributed by atoms with van der Waals surface area (Å²) in [5, 5.41) is 18.5. The molecule has 0 spiro atoms. The minimum Gasteiger partial charge on any atom is -0.508 e. The Labute approximate surface area is 71.5 Å². The molecule has 0 aliphatic rings. The number of aryl methyl sites for hydroxylation is 1. The molecular formula is C9H13NO2. The van der Waals surface area contributed by atoms with Crippen molar-refractivity contribution in [2.24, 2.45) is 0 Å². The van der Waals surface area contributed by atoms with Crippen LogP contribution in [0.2, 0.25) is 0 Å². The van der Waals surface area contributed by atoms with Crippen molar-refractivity contribution in [2.45, 2.75) is 20.0 Å². The molecule has 0 saturated carbocycles. The molecule has 66 valence electrons. The molecular weight excluding hydrogens is 154 g/mol. The van der Waals surface area contributed by atoms with Gasteiger partial charge >= 0.3 is 0 Å². The molecule has 0 radical (unpaired) electrons. The van der Waals surface area contributed by atoms with Crippen LogP contribution in [-0.2, 0) is 0 Å². The van der Waals surface area contributed by atoms with Crippen LogP contribution in [0.25, 0.3) is 0 Å². The lowest BCUT2D eigenvalue weighted by Gasteiger charge is -2.10. The summed E-state index contributed by atoms with van der Waals surface area (Å²) >= 11 is 0. The monoisotopic (exact) mass is 167 g/mol.